The van der Waals surface area contributed by atoms with Crippen molar-refractivity contribution in [2.75, 3.05) is 5.73 Å². The third-order valence-corrected chi connectivity index (χ3v) is 1.47. The molecule has 0 aliphatic heterocycles. The van der Waals surface area contributed by atoms with Crippen LogP contribution in [0.5, 0.6) is 0 Å². The molecule has 0 bridgehead atoms. The number of carboxylic acids is 1. The number of nitrogen functional groups attached to an aromatic ring is 1. The molecule has 68 valence electrons. The Morgan fingerprint density at radius 3 is 2.92 bits per heavy atom. The molecule has 1 aromatic rings. The summed E-state index contributed by atoms with van der Waals surface area (Å²) in [6.07, 6.45) is 4.02. The molecule has 0 atom stereocenters. The highest BCUT2D eigenvalue weighted by Gasteiger charge is 1.97. The minimum Gasteiger partial charge on any atom is -0.478 e. The second-order valence-corrected chi connectivity index (χ2v) is 2.66. The van der Waals surface area contributed by atoms with E-state index in [2.05, 4.69) is 4.98 Å². The van der Waals surface area contributed by atoms with E-state index in [4.69, 9.17) is 10.8 Å². The van der Waals surface area contributed by atoms with Crippen LogP contribution in [0.1, 0.15) is 11.3 Å². The predicted octanol–water partition coefficient (Wildman–Crippen LogP) is 1.07. The van der Waals surface area contributed by atoms with Crippen molar-refractivity contribution in [3.8, 4) is 0 Å². The molecule has 1 aromatic heterocycles. The van der Waals surface area contributed by atoms with Gasteiger partial charge in [0.25, 0.3) is 0 Å². The van der Waals surface area contributed by atoms with Gasteiger partial charge in [-0.15, -0.1) is 0 Å². The second-order valence-electron chi connectivity index (χ2n) is 2.66. The lowest BCUT2D eigenvalue weighted by molar-refractivity contribution is -0.131. The molecule has 1 heterocycles. The highest BCUT2D eigenvalue weighted by molar-refractivity contribution is 5.86. The molecule has 0 amide bonds. The summed E-state index contributed by atoms with van der Waals surface area (Å²) in [6, 6.07) is 1.74. The normalized spacial score (nSPS) is 10.5. The minimum absolute atomic E-state index is 0.480. The van der Waals surface area contributed by atoms with Crippen LogP contribution in [-0.2, 0) is 4.79 Å². The van der Waals surface area contributed by atoms with Crippen molar-refractivity contribution >= 4 is 17.7 Å². The lowest BCUT2D eigenvalue weighted by atomic mass is 10.2. The predicted molar refractivity (Wildman–Crippen MR) is 50.1 cm³/mol. The van der Waals surface area contributed by atoms with Gasteiger partial charge in [-0.2, -0.15) is 0 Å². The van der Waals surface area contributed by atoms with Crippen molar-refractivity contribution in [3.63, 3.8) is 0 Å². The van der Waals surface area contributed by atoms with E-state index in [0.29, 0.717) is 11.4 Å². The summed E-state index contributed by atoms with van der Waals surface area (Å²) in [6.45, 7) is 1.87. The summed E-state index contributed by atoms with van der Waals surface area (Å²) in [5.41, 5.74) is 7.51. The van der Waals surface area contributed by atoms with Gasteiger partial charge in [0.1, 0.15) is 0 Å². The van der Waals surface area contributed by atoms with Crippen LogP contribution < -0.4 is 5.73 Å². The summed E-state index contributed by atoms with van der Waals surface area (Å²) in [5.74, 6) is -1.01. The first-order valence-electron chi connectivity index (χ1n) is 3.72. The van der Waals surface area contributed by atoms with E-state index < -0.39 is 5.97 Å². The molecule has 0 aliphatic rings. The molecular weight excluding hydrogens is 168 g/mol. The highest BCUT2D eigenvalue weighted by atomic mass is 16.4. The Bertz CT molecular complexity index is 359. The molecule has 4 nitrogen and oxygen atoms in total. The Labute approximate surface area is 75.7 Å². The number of carbonyl (C=O) groups is 1. The maximum atomic E-state index is 10.2. The van der Waals surface area contributed by atoms with Gasteiger partial charge in [-0.25, -0.2) is 4.79 Å². The van der Waals surface area contributed by atoms with Gasteiger partial charge in [-0.05, 0) is 24.6 Å². The maximum Gasteiger partial charge on any atom is 0.328 e. The van der Waals surface area contributed by atoms with Crippen LogP contribution in [0.4, 0.5) is 5.69 Å². The zero-order valence-electron chi connectivity index (χ0n) is 7.19. The Kier molecular flexibility index (Phi) is 2.64. The minimum atomic E-state index is -1.01. The van der Waals surface area contributed by atoms with E-state index in [1.165, 1.54) is 6.08 Å². The summed E-state index contributed by atoms with van der Waals surface area (Å²) in [4.78, 5) is 14.2. The van der Waals surface area contributed by atoms with Gasteiger partial charge >= 0.3 is 5.97 Å². The number of nitrogens with zero attached hydrogens (tertiary/aromatic N) is 1. The van der Waals surface area contributed by atoms with Gasteiger partial charge < -0.3 is 10.8 Å². The number of aliphatic carboxylic acids is 1. The number of aryl methyl sites for hydroxylation is 1. The van der Waals surface area contributed by atoms with Crippen molar-refractivity contribution in [2.45, 2.75) is 6.92 Å². The number of aromatic nitrogens is 1. The van der Waals surface area contributed by atoms with Gasteiger partial charge in [0, 0.05) is 12.3 Å². The standard InChI is InChI=1S/C9H10N2O2/c1-6-4-7(10)8(11-5-6)2-3-9(12)13/h2-5H,10H2,1H3,(H,12,13). The van der Waals surface area contributed by atoms with Crippen LogP contribution in [-0.4, -0.2) is 16.1 Å². The van der Waals surface area contributed by atoms with Gasteiger partial charge in [0.05, 0.1) is 11.4 Å². The number of nitrogens with two attached hydrogens (primary N) is 1. The van der Waals surface area contributed by atoms with Gasteiger partial charge in [0.2, 0.25) is 0 Å². The molecule has 4 heteroatoms. The molecule has 0 fully saturated rings. The van der Waals surface area contributed by atoms with Crippen molar-refractivity contribution < 1.29 is 9.90 Å². The molecule has 0 unspecified atom stereocenters. The van der Waals surface area contributed by atoms with Crippen LogP contribution in [0.2, 0.25) is 0 Å². The third kappa shape index (κ3) is 2.59. The molecule has 0 spiro atoms. The Morgan fingerprint density at radius 2 is 2.38 bits per heavy atom. The maximum absolute atomic E-state index is 10.2. The van der Waals surface area contributed by atoms with E-state index in [1.54, 1.807) is 12.3 Å². The molecule has 0 saturated heterocycles. The van der Waals surface area contributed by atoms with E-state index in [-0.39, 0.29) is 0 Å². The number of pyridine rings is 1. The van der Waals surface area contributed by atoms with E-state index in [1.807, 2.05) is 6.92 Å². The lowest BCUT2D eigenvalue weighted by Gasteiger charge is -1.99. The van der Waals surface area contributed by atoms with Gasteiger partial charge in [0.15, 0.2) is 0 Å². The average molecular weight is 178 g/mol. The number of anilines is 1. The molecule has 0 aliphatic carbocycles. The summed E-state index contributed by atoms with van der Waals surface area (Å²) in [5, 5.41) is 8.36. The first kappa shape index (κ1) is 9.25. The zero-order chi connectivity index (χ0) is 9.84. The lowest BCUT2D eigenvalue weighted by Crippen LogP contribution is -1.94. The van der Waals surface area contributed by atoms with E-state index in [9.17, 15) is 4.79 Å². The fourth-order valence-electron chi connectivity index (χ4n) is 0.892. The number of carboxylic acid groups (broad SMARTS) is 1. The molecule has 0 saturated carbocycles. The van der Waals surface area contributed by atoms with Gasteiger partial charge in [-0.1, -0.05) is 0 Å². The van der Waals surface area contributed by atoms with Crippen molar-refractivity contribution in [1.82, 2.24) is 4.98 Å². The molecule has 0 aromatic carbocycles. The Hall–Kier alpha value is -1.84. The molecule has 13 heavy (non-hydrogen) atoms. The largest absolute Gasteiger partial charge is 0.478 e. The summed E-state index contributed by atoms with van der Waals surface area (Å²) < 4.78 is 0. The fourth-order valence-corrected chi connectivity index (χ4v) is 0.892. The first-order chi connectivity index (χ1) is 6.09. The molecule has 3 N–H and O–H groups in total. The fraction of sp³-hybridized carbons (Fsp3) is 0.111. The van der Waals surface area contributed by atoms with Crippen LogP contribution >= 0.6 is 0 Å². The molecule has 1 rings (SSSR count). The Morgan fingerprint density at radius 1 is 1.69 bits per heavy atom. The average Bonchev–Trinajstić information content (AvgIpc) is 2.02. The van der Waals surface area contributed by atoms with Crippen molar-refractivity contribution in [3.05, 3.63) is 29.6 Å². The topological polar surface area (TPSA) is 76.2 Å². The third-order valence-electron chi connectivity index (χ3n) is 1.47. The smallest absolute Gasteiger partial charge is 0.328 e. The van der Waals surface area contributed by atoms with Crippen LogP contribution in [0.25, 0.3) is 6.08 Å². The molecular formula is C9H10N2O2. The number of hydrogen-bond acceptors (Lipinski definition) is 3. The quantitative estimate of drug-likeness (QED) is 0.664. The van der Waals surface area contributed by atoms with Crippen molar-refractivity contribution in [2.24, 2.45) is 0 Å². The number of rotatable bonds is 2. The zero-order valence-corrected chi connectivity index (χ0v) is 7.19. The number of hydrogen-bond donors (Lipinski definition) is 2. The Balaban J connectivity index is 2.96. The molecule has 0 radical (unpaired) electrons. The van der Waals surface area contributed by atoms with Crippen LogP contribution in [0, 0.1) is 6.92 Å². The van der Waals surface area contributed by atoms with Crippen LogP contribution in [0.15, 0.2) is 18.3 Å². The monoisotopic (exact) mass is 178 g/mol. The van der Waals surface area contributed by atoms with E-state index in [0.717, 1.165) is 11.6 Å². The van der Waals surface area contributed by atoms with Crippen molar-refractivity contribution in [1.29, 1.82) is 0 Å². The van der Waals surface area contributed by atoms with Gasteiger partial charge in [-0.3, -0.25) is 4.98 Å². The highest BCUT2D eigenvalue weighted by Crippen LogP contribution is 2.11. The SMILES string of the molecule is Cc1cnc(C=CC(=O)O)c(N)c1. The first-order valence-corrected chi connectivity index (χ1v) is 3.72. The van der Waals surface area contributed by atoms with Crippen LogP contribution in [0.3, 0.4) is 0 Å². The summed E-state index contributed by atoms with van der Waals surface area (Å²) in [7, 11) is 0. The van der Waals surface area contributed by atoms with E-state index >= 15 is 0 Å². The second kappa shape index (κ2) is 3.71. The summed E-state index contributed by atoms with van der Waals surface area (Å²) >= 11 is 0.